The highest BCUT2D eigenvalue weighted by Gasteiger charge is 2.34. The molecule has 0 spiro atoms. The second-order valence-electron chi connectivity index (χ2n) is 14.9. The van der Waals surface area contributed by atoms with Crippen LogP contribution in [0, 0.1) is 17.8 Å². The Balaban J connectivity index is 1.14. The van der Waals surface area contributed by atoms with Crippen molar-refractivity contribution in [3.05, 3.63) is 89.7 Å². The van der Waals surface area contributed by atoms with Gasteiger partial charge in [0, 0.05) is 48.9 Å². The Bertz CT molecular complexity index is 1620. The van der Waals surface area contributed by atoms with Crippen LogP contribution in [-0.4, -0.2) is 42.8 Å². The van der Waals surface area contributed by atoms with Crippen molar-refractivity contribution in [2.45, 2.75) is 109 Å². The van der Waals surface area contributed by atoms with Crippen molar-refractivity contribution in [1.29, 1.82) is 0 Å². The molecule has 0 radical (unpaired) electrons. The lowest BCUT2D eigenvalue weighted by Gasteiger charge is -2.33. The van der Waals surface area contributed by atoms with Crippen LogP contribution in [0.3, 0.4) is 0 Å². The number of aryl methyl sites for hydroxylation is 2. The molecule has 6 rings (SSSR count). The summed E-state index contributed by atoms with van der Waals surface area (Å²) >= 11 is 0. The fourth-order valence-electron chi connectivity index (χ4n) is 7.42. The van der Waals surface area contributed by atoms with E-state index in [9.17, 15) is 4.79 Å². The average molecular weight is 647 g/mol. The Morgan fingerprint density at radius 3 is 2.21 bits per heavy atom. The Hall–Kier alpha value is -4.07. The largest absolute Gasteiger partial charge is 0.467 e. The van der Waals surface area contributed by atoms with Crippen molar-refractivity contribution in [3.63, 3.8) is 0 Å². The lowest BCUT2D eigenvalue weighted by molar-refractivity contribution is -0.122. The van der Waals surface area contributed by atoms with E-state index in [2.05, 4.69) is 49.1 Å². The lowest BCUT2D eigenvalue weighted by Crippen LogP contribution is -2.28. The van der Waals surface area contributed by atoms with E-state index in [1.165, 1.54) is 49.6 Å². The van der Waals surface area contributed by atoms with Gasteiger partial charge in [-0.05, 0) is 79.2 Å². The van der Waals surface area contributed by atoms with E-state index >= 15 is 0 Å². The zero-order valence-electron chi connectivity index (χ0n) is 29.1. The first-order chi connectivity index (χ1) is 23.3. The molecule has 0 bridgehead atoms. The highest BCUT2D eigenvalue weighted by Crippen LogP contribution is 2.40. The van der Waals surface area contributed by atoms with Gasteiger partial charge in [0.1, 0.15) is 11.6 Å². The summed E-state index contributed by atoms with van der Waals surface area (Å²) in [5, 5.41) is 0. The fourth-order valence-corrected chi connectivity index (χ4v) is 7.42. The van der Waals surface area contributed by atoms with Crippen molar-refractivity contribution in [2.75, 3.05) is 7.11 Å². The molecule has 2 fully saturated rings. The number of nitrogens with zero attached hydrogens (tertiary/aromatic N) is 6. The number of benzene rings is 1. The molecule has 48 heavy (non-hydrogen) atoms. The van der Waals surface area contributed by atoms with Crippen molar-refractivity contribution in [1.82, 2.24) is 29.9 Å². The van der Waals surface area contributed by atoms with Gasteiger partial charge in [-0.1, -0.05) is 70.4 Å². The van der Waals surface area contributed by atoms with E-state index < -0.39 is 0 Å². The summed E-state index contributed by atoms with van der Waals surface area (Å²) in [5.41, 5.74) is 5.94. The summed E-state index contributed by atoms with van der Waals surface area (Å²) in [6.07, 6.45) is 21.6. The zero-order chi connectivity index (χ0) is 33.5. The Labute approximate surface area is 285 Å². The third-order valence-corrected chi connectivity index (χ3v) is 10.5. The van der Waals surface area contributed by atoms with Gasteiger partial charge in [0.15, 0.2) is 0 Å². The van der Waals surface area contributed by atoms with Crippen LogP contribution in [-0.2, 0) is 29.5 Å². The molecule has 0 N–H and O–H groups in total. The number of Topliss-reactive ketones (excluding diaryl/α,β-unsaturated/α-hetero) is 1. The first kappa shape index (κ1) is 33.8. The molecule has 3 heterocycles. The van der Waals surface area contributed by atoms with Crippen LogP contribution < -0.4 is 4.74 Å². The summed E-state index contributed by atoms with van der Waals surface area (Å²) < 4.78 is 5.09. The Kier molecular flexibility index (Phi) is 10.9. The standard InChI is InChI=1S/C40H50N6O2/c1-40(2,3)32-24-43-37(46-33(32)19-15-28-11-8-12-28)21-29-13-17-30(18-14-29)38(36(47)20-16-27-9-6-5-7-10-27)35-26-41-34(25-42-35)31-22-44-39(48-4)45-23-31/h5-7,9-10,22-26,28-30,38H,8,11-21H2,1-4H3. The van der Waals surface area contributed by atoms with Gasteiger partial charge in [-0.3, -0.25) is 14.8 Å². The maximum absolute atomic E-state index is 14.0. The van der Waals surface area contributed by atoms with Gasteiger partial charge in [-0.2, -0.15) is 0 Å². The number of carbonyl (C=O) groups excluding carboxylic acids is 1. The second-order valence-corrected chi connectivity index (χ2v) is 14.9. The summed E-state index contributed by atoms with van der Waals surface area (Å²) in [6, 6.07) is 10.6. The van der Waals surface area contributed by atoms with E-state index in [1.54, 1.807) is 24.8 Å². The molecule has 4 aromatic rings. The van der Waals surface area contributed by atoms with E-state index in [1.807, 2.05) is 18.2 Å². The van der Waals surface area contributed by atoms with Crippen LogP contribution in [0.2, 0.25) is 0 Å². The molecule has 2 saturated carbocycles. The predicted molar refractivity (Wildman–Crippen MR) is 188 cm³/mol. The maximum Gasteiger partial charge on any atom is 0.316 e. The second kappa shape index (κ2) is 15.4. The average Bonchev–Trinajstić information content (AvgIpc) is 3.08. The molecule has 8 heteroatoms. The molecule has 2 aliphatic carbocycles. The number of carbonyl (C=O) groups is 1. The number of hydrogen-bond acceptors (Lipinski definition) is 8. The van der Waals surface area contributed by atoms with E-state index in [0.717, 1.165) is 67.9 Å². The van der Waals surface area contributed by atoms with E-state index in [-0.39, 0.29) is 23.0 Å². The fraction of sp³-hybridized carbons (Fsp3) is 0.525. The molecule has 1 unspecified atom stereocenters. The van der Waals surface area contributed by atoms with Crippen molar-refractivity contribution in [3.8, 4) is 17.3 Å². The van der Waals surface area contributed by atoms with Crippen LogP contribution in [0.1, 0.15) is 113 Å². The van der Waals surface area contributed by atoms with Crippen molar-refractivity contribution < 1.29 is 9.53 Å². The molecular formula is C40H50N6O2. The molecule has 252 valence electrons. The van der Waals surface area contributed by atoms with Gasteiger partial charge in [0.05, 0.1) is 30.6 Å². The molecule has 0 saturated heterocycles. The van der Waals surface area contributed by atoms with Crippen LogP contribution >= 0.6 is 0 Å². The molecule has 2 aliphatic rings. The normalized spacial score (nSPS) is 19.0. The SMILES string of the molecule is COc1ncc(-c2cnc(C(C(=O)CCc3ccccc3)C3CCC(Cc4ncc(C(C)(C)C)c(CCC5CCC5)n4)CC3)cn2)cn1. The van der Waals surface area contributed by atoms with Gasteiger partial charge < -0.3 is 4.74 Å². The number of aromatic nitrogens is 6. The van der Waals surface area contributed by atoms with E-state index in [0.29, 0.717) is 24.0 Å². The minimum absolute atomic E-state index is 0.0388. The first-order valence-corrected chi connectivity index (χ1v) is 17.9. The van der Waals surface area contributed by atoms with Crippen LogP contribution in [0.25, 0.3) is 11.3 Å². The van der Waals surface area contributed by atoms with Crippen LogP contribution in [0.15, 0.2) is 61.3 Å². The topological polar surface area (TPSA) is 104 Å². The number of ether oxygens (including phenoxy) is 1. The number of methoxy groups -OCH3 is 1. The van der Waals surface area contributed by atoms with Crippen LogP contribution in [0.5, 0.6) is 6.01 Å². The lowest BCUT2D eigenvalue weighted by atomic mass is 9.72. The van der Waals surface area contributed by atoms with Gasteiger partial charge in [-0.25, -0.2) is 19.9 Å². The van der Waals surface area contributed by atoms with Crippen molar-refractivity contribution in [2.24, 2.45) is 17.8 Å². The quantitative estimate of drug-likeness (QED) is 0.144. The highest BCUT2D eigenvalue weighted by molar-refractivity contribution is 5.85. The molecule has 0 amide bonds. The Morgan fingerprint density at radius 1 is 0.833 bits per heavy atom. The summed E-state index contributed by atoms with van der Waals surface area (Å²) in [5.74, 6) is 2.57. The highest BCUT2D eigenvalue weighted by atomic mass is 16.5. The minimum Gasteiger partial charge on any atom is -0.467 e. The number of hydrogen-bond donors (Lipinski definition) is 0. The van der Waals surface area contributed by atoms with Gasteiger partial charge >= 0.3 is 6.01 Å². The molecule has 1 aromatic carbocycles. The van der Waals surface area contributed by atoms with Gasteiger partial charge in [-0.15, -0.1) is 0 Å². The zero-order valence-corrected chi connectivity index (χ0v) is 29.1. The summed E-state index contributed by atoms with van der Waals surface area (Å²) in [4.78, 5) is 42.0. The molecule has 8 nitrogen and oxygen atoms in total. The first-order valence-electron chi connectivity index (χ1n) is 17.9. The summed E-state index contributed by atoms with van der Waals surface area (Å²) in [6.45, 7) is 6.80. The molecule has 1 atom stereocenters. The molecular weight excluding hydrogens is 596 g/mol. The maximum atomic E-state index is 14.0. The smallest absolute Gasteiger partial charge is 0.316 e. The van der Waals surface area contributed by atoms with Gasteiger partial charge in [0.25, 0.3) is 0 Å². The van der Waals surface area contributed by atoms with E-state index in [4.69, 9.17) is 24.7 Å². The monoisotopic (exact) mass is 646 g/mol. The Morgan fingerprint density at radius 2 is 1.58 bits per heavy atom. The number of ketones is 1. The predicted octanol–water partition coefficient (Wildman–Crippen LogP) is 8.10. The van der Waals surface area contributed by atoms with Gasteiger partial charge in [0.2, 0.25) is 0 Å². The van der Waals surface area contributed by atoms with Crippen molar-refractivity contribution >= 4 is 5.78 Å². The molecule has 3 aromatic heterocycles. The minimum atomic E-state index is -0.274. The third kappa shape index (κ3) is 8.50. The third-order valence-electron chi connectivity index (χ3n) is 10.5. The number of rotatable bonds is 13. The summed E-state index contributed by atoms with van der Waals surface area (Å²) in [7, 11) is 1.54. The van der Waals surface area contributed by atoms with Crippen LogP contribution in [0.4, 0.5) is 0 Å². The molecule has 0 aliphatic heterocycles.